The molecule has 1 aliphatic heterocycles. The van der Waals surface area contributed by atoms with Crippen LogP contribution in [0.5, 0.6) is 0 Å². The van der Waals surface area contributed by atoms with E-state index in [4.69, 9.17) is 4.74 Å². The molecule has 1 N–H and O–H groups in total. The number of aromatic amines is 1. The second kappa shape index (κ2) is 7.30. The number of aromatic nitrogens is 2. The Morgan fingerprint density at radius 3 is 3.12 bits per heavy atom. The molecule has 4 rings (SSSR count). The number of nitrogens with one attached hydrogen (secondary N) is 1. The Bertz CT molecular complexity index is 918. The van der Waals surface area contributed by atoms with Gasteiger partial charge in [0.2, 0.25) is 5.91 Å². The van der Waals surface area contributed by atoms with Gasteiger partial charge >= 0.3 is 0 Å². The van der Waals surface area contributed by atoms with E-state index < -0.39 is 0 Å². The van der Waals surface area contributed by atoms with E-state index in [1.165, 1.54) is 10.9 Å². The van der Waals surface area contributed by atoms with Gasteiger partial charge in [-0.1, -0.05) is 18.2 Å². The van der Waals surface area contributed by atoms with Crippen molar-refractivity contribution in [3.05, 3.63) is 65.6 Å². The van der Waals surface area contributed by atoms with E-state index in [1.807, 2.05) is 42.3 Å². The molecule has 3 aromatic rings. The topological polar surface area (TPSA) is 58.2 Å². The Balaban J connectivity index is 1.40. The first-order valence-corrected chi connectivity index (χ1v) is 9.07. The maximum Gasteiger partial charge on any atom is 0.223 e. The largest absolute Gasteiger partial charge is 0.370 e. The van der Waals surface area contributed by atoms with Crippen molar-refractivity contribution in [2.45, 2.75) is 25.9 Å². The summed E-state index contributed by atoms with van der Waals surface area (Å²) in [5.74, 6) is 0.189. The van der Waals surface area contributed by atoms with Crippen LogP contribution in [0.1, 0.15) is 29.3 Å². The van der Waals surface area contributed by atoms with Crippen molar-refractivity contribution in [1.29, 1.82) is 0 Å². The number of para-hydroxylation sites is 1. The van der Waals surface area contributed by atoms with E-state index >= 15 is 0 Å². The van der Waals surface area contributed by atoms with Gasteiger partial charge in [-0.15, -0.1) is 0 Å². The lowest BCUT2D eigenvalue weighted by molar-refractivity contribution is -0.139. The van der Waals surface area contributed by atoms with Crippen LogP contribution in [-0.2, 0) is 16.0 Å². The molecule has 3 heterocycles. The summed E-state index contributed by atoms with van der Waals surface area (Å²) in [4.78, 5) is 22.2. The van der Waals surface area contributed by atoms with Crippen LogP contribution in [0.25, 0.3) is 10.9 Å². The van der Waals surface area contributed by atoms with Crippen molar-refractivity contribution in [3.8, 4) is 0 Å². The molecular weight excluding hydrogens is 326 g/mol. The molecule has 5 heteroatoms. The number of nitrogens with zero attached hydrogens (tertiary/aromatic N) is 2. The zero-order valence-electron chi connectivity index (χ0n) is 14.9. The highest BCUT2D eigenvalue weighted by atomic mass is 16.5. The van der Waals surface area contributed by atoms with E-state index in [-0.39, 0.29) is 12.0 Å². The Hall–Kier alpha value is -2.66. The molecule has 26 heavy (non-hydrogen) atoms. The average molecular weight is 349 g/mol. The molecule has 0 spiro atoms. The number of benzene rings is 1. The lowest BCUT2D eigenvalue weighted by atomic mass is 10.1. The minimum Gasteiger partial charge on any atom is -0.370 e. The molecule has 1 atom stereocenters. The number of rotatable bonds is 4. The molecule has 1 fully saturated rings. The summed E-state index contributed by atoms with van der Waals surface area (Å²) in [6, 6.07) is 12.2. The third kappa shape index (κ3) is 3.48. The normalized spacial score (nSPS) is 17.6. The number of amides is 1. The Labute approximate surface area is 153 Å². The number of hydrogen-bond acceptors (Lipinski definition) is 3. The number of pyridine rings is 1. The average Bonchev–Trinajstić information content (AvgIpc) is 3.09. The van der Waals surface area contributed by atoms with Crippen LogP contribution in [0.2, 0.25) is 0 Å². The summed E-state index contributed by atoms with van der Waals surface area (Å²) in [5.41, 5.74) is 4.37. The van der Waals surface area contributed by atoms with Crippen molar-refractivity contribution < 1.29 is 9.53 Å². The van der Waals surface area contributed by atoms with Gasteiger partial charge in [0, 0.05) is 42.0 Å². The van der Waals surface area contributed by atoms with Crippen LogP contribution in [0, 0.1) is 6.92 Å². The van der Waals surface area contributed by atoms with Crippen LogP contribution in [-0.4, -0.2) is 40.5 Å². The Kier molecular flexibility index (Phi) is 4.71. The highest BCUT2D eigenvalue weighted by Crippen LogP contribution is 2.24. The maximum absolute atomic E-state index is 12.7. The van der Waals surface area contributed by atoms with Crippen LogP contribution >= 0.6 is 0 Å². The van der Waals surface area contributed by atoms with Crippen molar-refractivity contribution in [1.82, 2.24) is 14.9 Å². The number of morpholine rings is 1. The molecule has 0 radical (unpaired) electrons. The van der Waals surface area contributed by atoms with Gasteiger partial charge in [0.05, 0.1) is 13.2 Å². The maximum atomic E-state index is 12.7. The molecule has 1 amide bonds. The number of ether oxygens (including phenoxy) is 1. The van der Waals surface area contributed by atoms with Crippen LogP contribution in [0.15, 0.2) is 48.8 Å². The Morgan fingerprint density at radius 2 is 2.23 bits per heavy atom. The minimum absolute atomic E-state index is 0.0671. The zero-order chi connectivity index (χ0) is 17.9. The first kappa shape index (κ1) is 16.8. The van der Waals surface area contributed by atoms with Crippen LogP contribution < -0.4 is 0 Å². The number of aryl methyl sites for hydroxylation is 2. The molecule has 0 saturated carbocycles. The molecule has 1 aliphatic rings. The van der Waals surface area contributed by atoms with Gasteiger partial charge in [-0.3, -0.25) is 9.78 Å². The molecule has 0 aliphatic carbocycles. The predicted molar refractivity (Wildman–Crippen MR) is 101 cm³/mol. The fraction of sp³-hybridized carbons (Fsp3) is 0.333. The molecular formula is C21H23N3O2. The van der Waals surface area contributed by atoms with Crippen LogP contribution in [0.3, 0.4) is 0 Å². The minimum atomic E-state index is -0.0671. The first-order chi connectivity index (χ1) is 12.7. The molecule has 2 aromatic heterocycles. The number of carbonyl (C=O) groups is 1. The second-order valence-corrected chi connectivity index (χ2v) is 6.79. The lowest BCUT2D eigenvalue weighted by Gasteiger charge is -2.33. The summed E-state index contributed by atoms with van der Waals surface area (Å²) in [6.45, 7) is 3.81. The fourth-order valence-electron chi connectivity index (χ4n) is 3.58. The molecule has 0 bridgehead atoms. The zero-order valence-corrected chi connectivity index (χ0v) is 14.9. The summed E-state index contributed by atoms with van der Waals surface area (Å²) >= 11 is 0. The number of H-pyrrole nitrogens is 1. The Morgan fingerprint density at radius 1 is 1.35 bits per heavy atom. The van der Waals surface area contributed by atoms with Crippen molar-refractivity contribution in [2.24, 2.45) is 0 Å². The van der Waals surface area contributed by atoms with Gasteiger partial charge in [-0.2, -0.15) is 0 Å². The molecule has 1 aromatic carbocycles. The van der Waals surface area contributed by atoms with Crippen LogP contribution in [0.4, 0.5) is 0 Å². The lowest BCUT2D eigenvalue weighted by Crippen LogP contribution is -2.42. The van der Waals surface area contributed by atoms with E-state index in [9.17, 15) is 4.79 Å². The smallest absolute Gasteiger partial charge is 0.223 e. The van der Waals surface area contributed by atoms with Gasteiger partial charge in [-0.05, 0) is 42.7 Å². The SMILES string of the molecule is Cc1cc([C@H]2CN(C(=O)CCc3c[nH]c4ccccc34)CCO2)ccn1. The summed E-state index contributed by atoms with van der Waals surface area (Å²) in [5, 5.41) is 1.20. The van der Waals surface area contributed by atoms with E-state index in [1.54, 1.807) is 6.20 Å². The summed E-state index contributed by atoms with van der Waals surface area (Å²) in [7, 11) is 0. The van der Waals surface area contributed by atoms with E-state index in [0.29, 0.717) is 26.1 Å². The first-order valence-electron chi connectivity index (χ1n) is 9.07. The van der Waals surface area contributed by atoms with Gasteiger partial charge in [-0.25, -0.2) is 0 Å². The van der Waals surface area contributed by atoms with Gasteiger partial charge in [0.15, 0.2) is 0 Å². The van der Waals surface area contributed by atoms with Crippen molar-refractivity contribution in [3.63, 3.8) is 0 Å². The second-order valence-electron chi connectivity index (χ2n) is 6.79. The quantitative estimate of drug-likeness (QED) is 0.785. The van der Waals surface area contributed by atoms with E-state index in [2.05, 4.69) is 22.1 Å². The van der Waals surface area contributed by atoms with Crippen molar-refractivity contribution >= 4 is 16.8 Å². The monoisotopic (exact) mass is 349 g/mol. The highest BCUT2D eigenvalue weighted by molar-refractivity contribution is 5.84. The standard InChI is InChI=1S/C21H23N3O2/c1-15-12-16(8-9-22-15)20-14-24(10-11-26-20)21(25)7-6-17-13-23-19-5-3-2-4-18(17)19/h2-5,8-9,12-13,20,23H,6-7,10-11,14H2,1H3/t20-/m1/s1. The third-order valence-electron chi connectivity index (χ3n) is 4.99. The highest BCUT2D eigenvalue weighted by Gasteiger charge is 2.25. The number of hydrogen-bond donors (Lipinski definition) is 1. The molecule has 0 unspecified atom stereocenters. The molecule has 1 saturated heterocycles. The number of fused-ring (bicyclic) bond motifs is 1. The van der Waals surface area contributed by atoms with Gasteiger partial charge in [0.1, 0.15) is 6.10 Å². The molecule has 134 valence electrons. The van der Waals surface area contributed by atoms with Crippen molar-refractivity contribution in [2.75, 3.05) is 19.7 Å². The summed E-state index contributed by atoms with van der Waals surface area (Å²) in [6.07, 6.45) is 5.01. The third-order valence-corrected chi connectivity index (χ3v) is 4.99. The number of carbonyl (C=O) groups excluding carboxylic acids is 1. The summed E-state index contributed by atoms with van der Waals surface area (Å²) < 4.78 is 5.88. The van der Waals surface area contributed by atoms with Gasteiger partial charge < -0.3 is 14.6 Å². The van der Waals surface area contributed by atoms with Gasteiger partial charge in [0.25, 0.3) is 0 Å². The van der Waals surface area contributed by atoms with E-state index in [0.717, 1.165) is 23.2 Å². The molecule has 5 nitrogen and oxygen atoms in total. The fourth-order valence-corrected chi connectivity index (χ4v) is 3.58. The predicted octanol–water partition coefficient (Wildman–Crippen LogP) is 3.40.